The van der Waals surface area contributed by atoms with Gasteiger partial charge in [-0.05, 0) is 50.2 Å². The number of fused-ring (bicyclic) bond motifs is 2. The summed E-state index contributed by atoms with van der Waals surface area (Å²) in [7, 11) is -3.93. The van der Waals surface area contributed by atoms with Gasteiger partial charge < -0.3 is 14.8 Å². The van der Waals surface area contributed by atoms with Crippen LogP contribution in [0.3, 0.4) is 0 Å². The molecule has 2 N–H and O–H groups in total. The number of sulfonamides is 1. The van der Waals surface area contributed by atoms with Crippen LogP contribution in [0.5, 0.6) is 11.5 Å². The lowest BCUT2D eigenvalue weighted by molar-refractivity contribution is -0.128. The Morgan fingerprint density at radius 1 is 1.08 bits per heavy atom. The first-order valence-electron chi connectivity index (χ1n) is 12.5. The van der Waals surface area contributed by atoms with Crippen molar-refractivity contribution >= 4 is 44.7 Å². The molecule has 4 rings (SSSR count). The molecular weight excluding hydrogens is 516 g/mol. The van der Waals surface area contributed by atoms with Crippen LogP contribution in [-0.2, 0) is 14.8 Å². The maximum Gasteiger partial charge on any atom is 0.257 e. The molecule has 2 aliphatic carbocycles. The molecule has 0 saturated heterocycles. The summed E-state index contributed by atoms with van der Waals surface area (Å²) in [5, 5.41) is 3.08. The van der Waals surface area contributed by atoms with Gasteiger partial charge in [-0.25, -0.2) is 8.42 Å². The standard InChI is InChI=1S/C27H33ClN2O6S/c1-5-35-22-15-21(30-37(33,34)16-27-12-11-17(13-24(27)31)26(27,3)4)23(36-6-2)14-20(22)29-25(32)18-9-7-8-10-19(18)28/h7-10,14-15,17,30H,5-6,11-13,16H2,1-4H3,(H,29,32). The Labute approximate surface area is 223 Å². The van der Waals surface area contributed by atoms with Crippen LogP contribution in [0, 0.1) is 16.7 Å². The van der Waals surface area contributed by atoms with Crippen molar-refractivity contribution in [1.82, 2.24) is 0 Å². The second-order valence-electron chi connectivity index (χ2n) is 10.2. The average molecular weight is 549 g/mol. The number of hydrogen-bond acceptors (Lipinski definition) is 6. The minimum absolute atomic E-state index is 0.0248. The molecule has 2 aliphatic rings. The van der Waals surface area contributed by atoms with E-state index in [1.807, 2.05) is 13.8 Å². The number of rotatable bonds is 10. The molecule has 2 atom stereocenters. The molecule has 2 fully saturated rings. The Kier molecular flexibility index (Phi) is 7.50. The van der Waals surface area contributed by atoms with Crippen LogP contribution in [-0.4, -0.2) is 39.1 Å². The van der Waals surface area contributed by atoms with Gasteiger partial charge in [0.05, 0.1) is 46.3 Å². The van der Waals surface area contributed by atoms with E-state index in [1.54, 1.807) is 38.1 Å². The molecule has 8 nitrogen and oxygen atoms in total. The van der Waals surface area contributed by atoms with E-state index < -0.39 is 21.3 Å². The van der Waals surface area contributed by atoms with Crippen molar-refractivity contribution in [2.75, 3.05) is 29.0 Å². The van der Waals surface area contributed by atoms with E-state index in [2.05, 4.69) is 10.0 Å². The van der Waals surface area contributed by atoms with Gasteiger partial charge in [0, 0.05) is 18.6 Å². The number of carbonyl (C=O) groups is 2. The predicted molar refractivity (Wildman–Crippen MR) is 144 cm³/mol. The number of Topliss-reactive ketones (excluding diaryl/α,β-unsaturated/α-hetero) is 1. The highest BCUT2D eigenvalue weighted by Crippen LogP contribution is 2.64. The predicted octanol–water partition coefficient (Wildman–Crippen LogP) is 5.53. The van der Waals surface area contributed by atoms with E-state index in [9.17, 15) is 18.0 Å². The highest BCUT2D eigenvalue weighted by Gasteiger charge is 2.65. The minimum Gasteiger partial charge on any atom is -0.492 e. The van der Waals surface area contributed by atoms with E-state index >= 15 is 0 Å². The van der Waals surface area contributed by atoms with E-state index in [4.69, 9.17) is 21.1 Å². The number of carbonyl (C=O) groups excluding carboxylic acids is 2. The van der Waals surface area contributed by atoms with Gasteiger partial charge in [-0.3, -0.25) is 14.3 Å². The lowest BCUT2D eigenvalue weighted by Crippen LogP contribution is -2.43. The molecule has 0 aromatic heterocycles. The summed E-state index contributed by atoms with van der Waals surface area (Å²) in [6.07, 6.45) is 1.85. The lowest BCUT2D eigenvalue weighted by Gasteiger charge is -2.36. The topological polar surface area (TPSA) is 111 Å². The summed E-state index contributed by atoms with van der Waals surface area (Å²) in [6.45, 7) is 8.10. The monoisotopic (exact) mass is 548 g/mol. The van der Waals surface area contributed by atoms with Gasteiger partial charge in [0.25, 0.3) is 5.91 Å². The summed E-state index contributed by atoms with van der Waals surface area (Å²) in [5.74, 6) is -0.0120. The Morgan fingerprint density at radius 2 is 1.70 bits per heavy atom. The number of ketones is 1. The number of anilines is 2. The smallest absolute Gasteiger partial charge is 0.257 e. The van der Waals surface area contributed by atoms with Crippen LogP contribution < -0.4 is 19.5 Å². The van der Waals surface area contributed by atoms with Gasteiger partial charge >= 0.3 is 0 Å². The van der Waals surface area contributed by atoms with Gasteiger partial charge in [-0.1, -0.05) is 37.6 Å². The fourth-order valence-electron chi connectivity index (χ4n) is 5.76. The summed E-state index contributed by atoms with van der Waals surface area (Å²) in [6, 6.07) is 9.66. The zero-order chi connectivity index (χ0) is 27.0. The SMILES string of the molecule is CCOc1cc(NS(=O)(=O)CC23CCC(CC2=O)C3(C)C)c(OCC)cc1NC(=O)c1ccccc1Cl. The number of amides is 1. The second-order valence-corrected chi connectivity index (χ2v) is 12.3. The van der Waals surface area contributed by atoms with Gasteiger partial charge in [0.2, 0.25) is 10.0 Å². The number of halogens is 1. The second kappa shape index (κ2) is 10.2. The normalized spacial score (nSPS) is 22.1. The summed E-state index contributed by atoms with van der Waals surface area (Å²) in [5.41, 5.74) is -0.517. The molecule has 2 unspecified atom stereocenters. The van der Waals surface area contributed by atoms with Crippen molar-refractivity contribution in [3.05, 3.63) is 47.0 Å². The highest BCUT2D eigenvalue weighted by molar-refractivity contribution is 7.92. The molecule has 0 heterocycles. The first-order chi connectivity index (χ1) is 17.4. The Morgan fingerprint density at radius 3 is 2.27 bits per heavy atom. The van der Waals surface area contributed by atoms with Crippen LogP contribution in [0.25, 0.3) is 0 Å². The molecule has 0 aliphatic heterocycles. The number of hydrogen-bond donors (Lipinski definition) is 2. The third-order valence-corrected chi connectivity index (χ3v) is 9.62. The van der Waals surface area contributed by atoms with E-state index in [0.717, 1.165) is 6.42 Å². The number of benzene rings is 2. The first-order valence-corrected chi connectivity index (χ1v) is 14.5. The van der Waals surface area contributed by atoms with E-state index in [1.165, 1.54) is 12.1 Å². The summed E-state index contributed by atoms with van der Waals surface area (Å²) in [4.78, 5) is 25.8. The molecule has 37 heavy (non-hydrogen) atoms. The number of nitrogens with one attached hydrogen (secondary N) is 2. The molecule has 2 aromatic carbocycles. The van der Waals surface area contributed by atoms with Crippen molar-refractivity contribution < 1.29 is 27.5 Å². The van der Waals surface area contributed by atoms with Gasteiger partial charge in [-0.2, -0.15) is 0 Å². The third-order valence-electron chi connectivity index (χ3n) is 7.89. The van der Waals surface area contributed by atoms with Gasteiger partial charge in [0.15, 0.2) is 0 Å². The maximum atomic E-state index is 13.4. The fraction of sp³-hybridized carbons (Fsp3) is 0.481. The molecule has 1 amide bonds. The first kappa shape index (κ1) is 27.3. The van der Waals surface area contributed by atoms with Crippen LogP contribution in [0.2, 0.25) is 5.02 Å². The molecular formula is C27H33ClN2O6S. The zero-order valence-electron chi connectivity index (χ0n) is 21.5. The van der Waals surface area contributed by atoms with Crippen LogP contribution >= 0.6 is 11.6 Å². The van der Waals surface area contributed by atoms with Gasteiger partial charge in [0.1, 0.15) is 17.3 Å². The Bertz CT molecular complexity index is 1330. The highest BCUT2D eigenvalue weighted by atomic mass is 35.5. The Balaban J connectivity index is 1.66. The molecule has 2 saturated carbocycles. The van der Waals surface area contributed by atoms with Crippen LogP contribution in [0.15, 0.2) is 36.4 Å². The average Bonchev–Trinajstić information content (AvgIpc) is 3.16. The van der Waals surface area contributed by atoms with Crippen molar-refractivity contribution in [1.29, 1.82) is 0 Å². The molecule has 0 spiro atoms. The van der Waals surface area contributed by atoms with Gasteiger partial charge in [-0.15, -0.1) is 0 Å². The maximum absolute atomic E-state index is 13.4. The number of ether oxygens (including phenoxy) is 2. The quantitative estimate of drug-likeness (QED) is 0.404. The van der Waals surface area contributed by atoms with Crippen LogP contribution in [0.4, 0.5) is 11.4 Å². The molecule has 2 bridgehead atoms. The van der Waals surface area contributed by atoms with Crippen LogP contribution in [0.1, 0.15) is 57.3 Å². The van der Waals surface area contributed by atoms with Crippen molar-refractivity contribution in [2.24, 2.45) is 16.7 Å². The Hall–Kier alpha value is -2.78. The summed E-state index contributed by atoms with van der Waals surface area (Å²) >= 11 is 6.17. The molecule has 10 heteroatoms. The molecule has 0 radical (unpaired) electrons. The third kappa shape index (κ3) is 5.03. The van der Waals surface area contributed by atoms with E-state index in [0.29, 0.717) is 23.6 Å². The fourth-order valence-corrected chi connectivity index (χ4v) is 7.87. The van der Waals surface area contributed by atoms with E-state index in [-0.39, 0.29) is 58.8 Å². The van der Waals surface area contributed by atoms with Crippen molar-refractivity contribution in [3.63, 3.8) is 0 Å². The summed E-state index contributed by atoms with van der Waals surface area (Å²) < 4.78 is 41.0. The zero-order valence-corrected chi connectivity index (χ0v) is 23.1. The minimum atomic E-state index is -3.93. The van der Waals surface area contributed by atoms with Crippen molar-refractivity contribution in [2.45, 2.75) is 47.0 Å². The molecule has 2 aromatic rings. The molecule has 200 valence electrons. The lowest BCUT2D eigenvalue weighted by atomic mass is 9.70. The largest absolute Gasteiger partial charge is 0.492 e. The van der Waals surface area contributed by atoms with Crippen molar-refractivity contribution in [3.8, 4) is 11.5 Å².